The van der Waals surface area contributed by atoms with Gasteiger partial charge in [0.15, 0.2) is 0 Å². The molecule has 0 radical (unpaired) electrons. The smallest absolute Gasteiger partial charge is 0.138 e. The molecule has 2 aliphatic heterocycles. The van der Waals surface area contributed by atoms with E-state index < -0.39 is 0 Å². The number of anilines is 1. The lowest BCUT2D eigenvalue weighted by atomic mass is 10.1. The lowest BCUT2D eigenvalue weighted by Gasteiger charge is -2.32. The number of ether oxygens (including phenoxy) is 1. The first-order valence-corrected chi connectivity index (χ1v) is 10.3. The number of nitrogens with one attached hydrogen (secondary N) is 1. The molecule has 152 valence electrons. The monoisotopic (exact) mass is 393 g/mol. The molecule has 0 bridgehead atoms. The van der Waals surface area contributed by atoms with Gasteiger partial charge in [-0.2, -0.15) is 10.2 Å². The second-order valence-electron chi connectivity index (χ2n) is 8.20. The summed E-state index contributed by atoms with van der Waals surface area (Å²) in [4.78, 5) is 9.48. The molecule has 1 aliphatic carbocycles. The molecule has 4 heterocycles. The van der Waals surface area contributed by atoms with Gasteiger partial charge in [-0.15, -0.1) is 0 Å². The molecule has 29 heavy (non-hydrogen) atoms. The van der Waals surface area contributed by atoms with Crippen LogP contribution in [0.1, 0.15) is 25.3 Å². The van der Waals surface area contributed by atoms with Crippen molar-refractivity contribution < 1.29 is 4.74 Å². The van der Waals surface area contributed by atoms with Gasteiger partial charge >= 0.3 is 0 Å². The summed E-state index contributed by atoms with van der Waals surface area (Å²) in [7, 11) is 1.92. The van der Waals surface area contributed by atoms with E-state index in [1.54, 1.807) is 10.9 Å². The van der Waals surface area contributed by atoms with Crippen molar-refractivity contribution in [2.75, 3.05) is 11.9 Å². The summed E-state index contributed by atoms with van der Waals surface area (Å²) in [6, 6.07) is 2.40. The summed E-state index contributed by atoms with van der Waals surface area (Å²) >= 11 is 0. The van der Waals surface area contributed by atoms with Crippen LogP contribution in [0.25, 0.3) is 0 Å². The van der Waals surface area contributed by atoms with E-state index in [2.05, 4.69) is 33.5 Å². The number of allylic oxidation sites excluding steroid dienone is 1. The van der Waals surface area contributed by atoms with Gasteiger partial charge in [0.1, 0.15) is 17.9 Å². The fourth-order valence-electron chi connectivity index (χ4n) is 4.26. The minimum Gasteiger partial charge on any atom is -0.357 e. The van der Waals surface area contributed by atoms with E-state index in [1.807, 2.05) is 42.5 Å². The van der Waals surface area contributed by atoms with Gasteiger partial charge in [-0.3, -0.25) is 14.7 Å². The number of aliphatic imine (C=N–C) groups is 2. The lowest BCUT2D eigenvalue weighted by molar-refractivity contribution is 0.0403. The Kier molecular flexibility index (Phi) is 4.79. The average molecular weight is 393 g/mol. The Morgan fingerprint density at radius 1 is 1.34 bits per heavy atom. The van der Waals surface area contributed by atoms with Gasteiger partial charge in [0.25, 0.3) is 0 Å². The van der Waals surface area contributed by atoms with Crippen LogP contribution in [0, 0.1) is 17.8 Å². The van der Waals surface area contributed by atoms with Gasteiger partial charge in [-0.1, -0.05) is 13.0 Å². The first kappa shape index (κ1) is 18.3. The summed E-state index contributed by atoms with van der Waals surface area (Å²) in [5.41, 5.74) is 1.08. The van der Waals surface area contributed by atoms with Crippen LogP contribution in [-0.2, 0) is 18.3 Å². The van der Waals surface area contributed by atoms with E-state index in [0.717, 1.165) is 30.2 Å². The number of rotatable bonds is 6. The van der Waals surface area contributed by atoms with Crippen LogP contribution in [0.3, 0.4) is 0 Å². The summed E-state index contributed by atoms with van der Waals surface area (Å²) < 4.78 is 10.0. The molecule has 1 N–H and O–H groups in total. The van der Waals surface area contributed by atoms with Crippen LogP contribution in [-0.4, -0.2) is 50.5 Å². The summed E-state index contributed by atoms with van der Waals surface area (Å²) in [5.74, 6) is 3.19. The largest absolute Gasteiger partial charge is 0.357 e. The average Bonchev–Trinajstić information content (AvgIpc) is 3.15. The number of aryl methyl sites for hydroxylation is 1. The van der Waals surface area contributed by atoms with Crippen LogP contribution < -0.4 is 5.32 Å². The number of nitrogens with zero attached hydrogens (tertiary/aromatic N) is 6. The van der Waals surface area contributed by atoms with Crippen molar-refractivity contribution in [1.29, 1.82) is 0 Å². The third kappa shape index (κ3) is 3.76. The Morgan fingerprint density at radius 3 is 3.07 bits per heavy atom. The van der Waals surface area contributed by atoms with Crippen molar-refractivity contribution in [1.82, 2.24) is 19.6 Å². The SMILES string of the molecule is CC1C(=NCc2cnn(C)c2)n2nccc2NC1OCC1CC1C1CC=CC=N1. The van der Waals surface area contributed by atoms with E-state index in [1.165, 1.54) is 6.42 Å². The van der Waals surface area contributed by atoms with Gasteiger partial charge in [-0.25, -0.2) is 4.68 Å². The van der Waals surface area contributed by atoms with Gasteiger partial charge in [0, 0.05) is 31.1 Å². The van der Waals surface area contributed by atoms with Crippen LogP contribution in [0.5, 0.6) is 0 Å². The third-order valence-electron chi connectivity index (χ3n) is 6.03. The maximum atomic E-state index is 6.33. The van der Waals surface area contributed by atoms with Crippen molar-refractivity contribution >= 4 is 17.9 Å². The van der Waals surface area contributed by atoms with Gasteiger partial charge in [0.2, 0.25) is 0 Å². The predicted molar refractivity (Wildman–Crippen MR) is 112 cm³/mol. The molecule has 1 saturated carbocycles. The van der Waals surface area contributed by atoms with E-state index in [4.69, 9.17) is 9.73 Å². The zero-order valence-corrected chi connectivity index (χ0v) is 16.8. The molecule has 0 aromatic carbocycles. The predicted octanol–water partition coefficient (Wildman–Crippen LogP) is 2.50. The minimum atomic E-state index is -0.108. The zero-order valence-electron chi connectivity index (χ0n) is 16.8. The summed E-state index contributed by atoms with van der Waals surface area (Å²) in [5, 5.41) is 12.1. The van der Waals surface area contributed by atoms with Crippen LogP contribution in [0.2, 0.25) is 0 Å². The molecule has 8 nitrogen and oxygen atoms in total. The van der Waals surface area contributed by atoms with Crippen LogP contribution in [0.4, 0.5) is 5.82 Å². The van der Waals surface area contributed by atoms with Crippen molar-refractivity contribution in [3.05, 3.63) is 42.4 Å². The highest BCUT2D eigenvalue weighted by atomic mass is 16.5. The highest BCUT2D eigenvalue weighted by Gasteiger charge is 2.43. The third-order valence-corrected chi connectivity index (χ3v) is 6.03. The van der Waals surface area contributed by atoms with Gasteiger partial charge in [-0.05, 0) is 30.8 Å². The molecule has 5 atom stereocenters. The van der Waals surface area contributed by atoms with Gasteiger partial charge in [0.05, 0.1) is 37.5 Å². The Hall–Kier alpha value is -2.74. The number of dihydropyridines is 1. The van der Waals surface area contributed by atoms with E-state index in [-0.39, 0.29) is 12.1 Å². The molecule has 2 aromatic rings. The highest BCUT2D eigenvalue weighted by Crippen LogP contribution is 2.44. The Balaban J connectivity index is 1.24. The number of hydrogen-bond donors (Lipinski definition) is 1. The first-order chi connectivity index (χ1) is 14.2. The number of fused-ring (bicyclic) bond motifs is 1. The molecular weight excluding hydrogens is 366 g/mol. The Labute approximate surface area is 170 Å². The second kappa shape index (κ2) is 7.59. The fraction of sp³-hybridized carbons (Fsp3) is 0.524. The summed E-state index contributed by atoms with van der Waals surface area (Å²) in [6.45, 7) is 3.48. The maximum absolute atomic E-state index is 6.33. The maximum Gasteiger partial charge on any atom is 0.138 e. The van der Waals surface area contributed by atoms with Crippen molar-refractivity contribution in [2.45, 2.75) is 38.6 Å². The molecular formula is C21H27N7O. The molecule has 0 saturated heterocycles. The molecule has 8 heteroatoms. The number of hydrogen-bond acceptors (Lipinski definition) is 6. The standard InChI is InChI=1S/C21H27N7O/c1-14-20(23-10-15-11-25-27(2)12-15)28-19(6-8-24-28)26-21(14)29-13-16-9-17(16)18-5-3-4-7-22-18/h3-4,6-8,11-12,14,16-18,21,26H,5,9-10,13H2,1-2H3. The molecule has 3 aliphatic rings. The van der Waals surface area contributed by atoms with Crippen LogP contribution in [0.15, 0.2) is 46.8 Å². The molecule has 1 fully saturated rings. The topological polar surface area (TPSA) is 81.6 Å². The zero-order chi connectivity index (χ0) is 19.8. The van der Waals surface area contributed by atoms with Crippen molar-refractivity contribution in [3.8, 4) is 0 Å². The summed E-state index contributed by atoms with van der Waals surface area (Å²) in [6.07, 6.45) is 14.0. The van der Waals surface area contributed by atoms with E-state index in [0.29, 0.717) is 24.4 Å². The normalized spacial score (nSPS) is 31.7. The molecule has 0 amide bonds. The van der Waals surface area contributed by atoms with Crippen molar-refractivity contribution in [2.24, 2.45) is 34.8 Å². The van der Waals surface area contributed by atoms with E-state index >= 15 is 0 Å². The molecule has 5 unspecified atom stereocenters. The number of aromatic nitrogens is 4. The van der Waals surface area contributed by atoms with Crippen LogP contribution >= 0.6 is 0 Å². The Morgan fingerprint density at radius 2 is 2.28 bits per heavy atom. The molecule has 0 spiro atoms. The second-order valence-corrected chi connectivity index (χ2v) is 8.20. The first-order valence-electron chi connectivity index (χ1n) is 10.3. The molecule has 2 aromatic heterocycles. The van der Waals surface area contributed by atoms with Crippen molar-refractivity contribution in [3.63, 3.8) is 0 Å². The quantitative estimate of drug-likeness (QED) is 0.818. The Bertz CT molecular complexity index is 956. The van der Waals surface area contributed by atoms with E-state index in [9.17, 15) is 0 Å². The highest BCUT2D eigenvalue weighted by molar-refractivity contribution is 5.90. The molecule has 5 rings (SSSR count). The van der Waals surface area contributed by atoms with Gasteiger partial charge < -0.3 is 10.1 Å². The minimum absolute atomic E-state index is 0.0897. The lowest BCUT2D eigenvalue weighted by Crippen LogP contribution is -2.44. The fourth-order valence-corrected chi connectivity index (χ4v) is 4.26.